The van der Waals surface area contributed by atoms with Gasteiger partial charge in [-0.3, -0.25) is 0 Å². The predicted octanol–water partition coefficient (Wildman–Crippen LogP) is 3.71. The summed E-state index contributed by atoms with van der Waals surface area (Å²) in [6, 6.07) is 10.5. The number of amides is 2. The fourth-order valence-electron chi connectivity index (χ4n) is 3.35. The molecule has 1 aliphatic heterocycles. The van der Waals surface area contributed by atoms with Gasteiger partial charge in [-0.1, -0.05) is 19.1 Å². The molecule has 0 bridgehead atoms. The van der Waals surface area contributed by atoms with E-state index in [9.17, 15) is 26.4 Å². The van der Waals surface area contributed by atoms with Gasteiger partial charge in [0.2, 0.25) is 10.0 Å². The fraction of sp³-hybridized carbons (Fsp3) is 0.409. The maximum absolute atomic E-state index is 12.8. The first-order chi connectivity index (χ1) is 15.6. The number of carbonyl (C=O) groups excluding carboxylic acids is 1. The lowest BCUT2D eigenvalue weighted by Crippen LogP contribution is -2.52. The van der Waals surface area contributed by atoms with E-state index in [2.05, 4.69) is 5.32 Å². The molecule has 1 fully saturated rings. The van der Waals surface area contributed by atoms with E-state index in [1.165, 1.54) is 9.21 Å². The van der Waals surface area contributed by atoms with E-state index in [0.717, 1.165) is 42.0 Å². The second-order valence-electron chi connectivity index (χ2n) is 7.57. The third kappa shape index (κ3) is 6.38. The monoisotopic (exact) mass is 485 g/mol. The number of urea groups is 1. The summed E-state index contributed by atoms with van der Waals surface area (Å²) in [6.07, 6.45) is -3.65. The molecule has 0 atom stereocenters. The van der Waals surface area contributed by atoms with Crippen molar-refractivity contribution in [2.45, 2.75) is 31.0 Å². The third-order valence-electron chi connectivity index (χ3n) is 5.16. The lowest BCUT2D eigenvalue weighted by atomic mass is 10.2. The summed E-state index contributed by atoms with van der Waals surface area (Å²) in [5, 5.41) is 2.81. The second-order valence-corrected chi connectivity index (χ2v) is 9.51. The van der Waals surface area contributed by atoms with E-state index < -0.39 is 21.8 Å². The van der Waals surface area contributed by atoms with E-state index in [1.54, 1.807) is 0 Å². The summed E-state index contributed by atoms with van der Waals surface area (Å²) in [5.74, 6) is 0.727. The van der Waals surface area contributed by atoms with Gasteiger partial charge in [-0.15, -0.1) is 0 Å². The molecule has 0 aliphatic carbocycles. The molecule has 1 saturated heterocycles. The van der Waals surface area contributed by atoms with Crippen LogP contribution < -0.4 is 10.1 Å². The normalized spacial score (nSPS) is 15.3. The first-order valence-corrected chi connectivity index (χ1v) is 12.0. The van der Waals surface area contributed by atoms with E-state index >= 15 is 0 Å². The Morgan fingerprint density at radius 1 is 1.06 bits per heavy atom. The van der Waals surface area contributed by atoms with Crippen LogP contribution in [0.15, 0.2) is 53.4 Å². The Morgan fingerprint density at radius 2 is 1.73 bits per heavy atom. The summed E-state index contributed by atoms with van der Waals surface area (Å²) < 4.78 is 70.4. The van der Waals surface area contributed by atoms with Gasteiger partial charge in [0.25, 0.3) is 0 Å². The van der Waals surface area contributed by atoms with E-state index in [1.807, 2.05) is 31.2 Å². The Kier molecular flexibility index (Phi) is 7.85. The van der Waals surface area contributed by atoms with Crippen molar-refractivity contribution in [2.24, 2.45) is 0 Å². The molecule has 180 valence electrons. The van der Waals surface area contributed by atoms with Crippen LogP contribution in [0.5, 0.6) is 5.75 Å². The van der Waals surface area contributed by atoms with Gasteiger partial charge in [-0.25, -0.2) is 13.2 Å². The summed E-state index contributed by atoms with van der Waals surface area (Å²) >= 11 is 0. The first-order valence-electron chi connectivity index (χ1n) is 10.5. The van der Waals surface area contributed by atoms with Crippen LogP contribution in [0.4, 0.5) is 18.0 Å². The number of sulfonamides is 1. The average molecular weight is 486 g/mol. The number of nitrogens with zero attached hydrogens (tertiary/aromatic N) is 2. The third-order valence-corrected chi connectivity index (χ3v) is 7.07. The maximum atomic E-state index is 12.8. The van der Waals surface area contributed by atoms with Gasteiger partial charge in [0.1, 0.15) is 5.75 Å². The molecule has 2 amide bonds. The van der Waals surface area contributed by atoms with Crippen LogP contribution >= 0.6 is 0 Å². The van der Waals surface area contributed by atoms with Crippen molar-refractivity contribution in [2.75, 3.05) is 32.8 Å². The van der Waals surface area contributed by atoms with Crippen molar-refractivity contribution < 1.29 is 31.1 Å². The van der Waals surface area contributed by atoms with E-state index in [4.69, 9.17) is 4.74 Å². The van der Waals surface area contributed by atoms with Gasteiger partial charge in [0.05, 0.1) is 17.1 Å². The molecule has 1 aliphatic rings. The van der Waals surface area contributed by atoms with Crippen LogP contribution in [-0.4, -0.2) is 56.4 Å². The second kappa shape index (κ2) is 10.4. The molecule has 0 unspecified atom stereocenters. The summed E-state index contributed by atoms with van der Waals surface area (Å²) in [4.78, 5) is 13.8. The van der Waals surface area contributed by atoms with Gasteiger partial charge < -0.3 is 15.0 Å². The molecular formula is C22H26F3N3O4S. The predicted molar refractivity (Wildman–Crippen MR) is 116 cm³/mol. The molecule has 3 rings (SSSR count). The number of ether oxygens (including phenoxy) is 1. The number of hydrogen-bond acceptors (Lipinski definition) is 4. The SMILES string of the molecule is CCCOc1cccc(CNC(=O)N2CCN(S(=O)(=O)c3ccc(C(F)(F)F)cc3)CC2)c1. The standard InChI is InChI=1S/C22H26F3N3O4S/c1-2-14-32-19-5-3-4-17(15-19)16-26-21(29)27-10-12-28(13-11-27)33(30,31)20-8-6-18(7-9-20)22(23,24)25/h3-9,15H,2,10-14,16H2,1H3,(H,26,29). The zero-order valence-electron chi connectivity index (χ0n) is 18.1. The highest BCUT2D eigenvalue weighted by molar-refractivity contribution is 7.89. The van der Waals surface area contributed by atoms with Crippen molar-refractivity contribution >= 4 is 16.1 Å². The van der Waals surface area contributed by atoms with Crippen LogP contribution in [-0.2, 0) is 22.7 Å². The minimum atomic E-state index is -4.54. The number of carbonyl (C=O) groups is 1. The highest BCUT2D eigenvalue weighted by Gasteiger charge is 2.33. The number of alkyl halides is 3. The number of benzene rings is 2. The van der Waals surface area contributed by atoms with Gasteiger partial charge in [-0.2, -0.15) is 17.5 Å². The Hall–Kier alpha value is -2.79. The van der Waals surface area contributed by atoms with Crippen LogP contribution in [0.2, 0.25) is 0 Å². The highest BCUT2D eigenvalue weighted by Crippen LogP contribution is 2.30. The Bertz CT molecular complexity index is 1050. The topological polar surface area (TPSA) is 79.0 Å². The van der Waals surface area contributed by atoms with Gasteiger partial charge in [0.15, 0.2) is 0 Å². The summed E-state index contributed by atoms with van der Waals surface area (Å²) in [6.45, 7) is 3.37. The van der Waals surface area contributed by atoms with Crippen molar-refractivity contribution in [1.29, 1.82) is 0 Å². The molecule has 1 heterocycles. The van der Waals surface area contributed by atoms with Crippen molar-refractivity contribution in [1.82, 2.24) is 14.5 Å². The van der Waals surface area contributed by atoms with Crippen molar-refractivity contribution in [3.63, 3.8) is 0 Å². The average Bonchev–Trinajstić information content (AvgIpc) is 2.81. The fourth-order valence-corrected chi connectivity index (χ4v) is 4.77. The molecule has 0 radical (unpaired) electrons. The minimum absolute atomic E-state index is 0.0527. The zero-order chi connectivity index (χ0) is 24.1. The van der Waals surface area contributed by atoms with Crippen LogP contribution in [0.1, 0.15) is 24.5 Å². The Morgan fingerprint density at radius 3 is 2.33 bits per heavy atom. The molecule has 0 aromatic heterocycles. The van der Waals surface area contributed by atoms with Crippen molar-refractivity contribution in [3.8, 4) is 5.75 Å². The van der Waals surface area contributed by atoms with E-state index in [0.29, 0.717) is 13.2 Å². The lowest BCUT2D eigenvalue weighted by molar-refractivity contribution is -0.137. The lowest BCUT2D eigenvalue weighted by Gasteiger charge is -2.34. The van der Waals surface area contributed by atoms with Crippen LogP contribution in [0.3, 0.4) is 0 Å². The van der Waals surface area contributed by atoms with Gasteiger partial charge >= 0.3 is 12.2 Å². The first kappa shape index (κ1) is 24.8. The van der Waals surface area contributed by atoms with Crippen LogP contribution in [0.25, 0.3) is 0 Å². The number of rotatable bonds is 7. The van der Waals surface area contributed by atoms with Gasteiger partial charge in [0, 0.05) is 32.7 Å². The molecule has 33 heavy (non-hydrogen) atoms. The van der Waals surface area contributed by atoms with Crippen LogP contribution in [0, 0.1) is 0 Å². The largest absolute Gasteiger partial charge is 0.494 e. The molecule has 2 aromatic carbocycles. The van der Waals surface area contributed by atoms with Gasteiger partial charge in [-0.05, 0) is 48.4 Å². The van der Waals surface area contributed by atoms with E-state index in [-0.39, 0.29) is 37.1 Å². The molecule has 0 spiro atoms. The maximum Gasteiger partial charge on any atom is 0.416 e. The minimum Gasteiger partial charge on any atom is -0.494 e. The Labute approximate surface area is 191 Å². The van der Waals surface area contributed by atoms with Crippen molar-refractivity contribution in [3.05, 3.63) is 59.7 Å². The summed E-state index contributed by atoms with van der Waals surface area (Å²) in [7, 11) is -3.95. The smallest absolute Gasteiger partial charge is 0.416 e. The number of piperazine rings is 1. The highest BCUT2D eigenvalue weighted by atomic mass is 32.2. The number of nitrogens with one attached hydrogen (secondary N) is 1. The number of halogens is 3. The zero-order valence-corrected chi connectivity index (χ0v) is 19.0. The molecule has 0 saturated carbocycles. The molecular weight excluding hydrogens is 459 g/mol. The quantitative estimate of drug-likeness (QED) is 0.649. The molecule has 2 aromatic rings. The number of hydrogen-bond donors (Lipinski definition) is 1. The summed E-state index contributed by atoms with van der Waals surface area (Å²) in [5.41, 5.74) is -0.0362. The Balaban J connectivity index is 1.53. The molecule has 7 nitrogen and oxygen atoms in total. The molecule has 11 heteroatoms. The molecule has 1 N–H and O–H groups in total.